The molecule has 0 spiro atoms. The van der Waals surface area contributed by atoms with Crippen molar-refractivity contribution in [3.8, 4) is 5.88 Å². The summed E-state index contributed by atoms with van der Waals surface area (Å²) in [4.78, 5) is 26.4. The van der Waals surface area contributed by atoms with Gasteiger partial charge in [-0.15, -0.1) is 0 Å². The Labute approximate surface area is 129 Å². The Balaban J connectivity index is 1.96. The predicted octanol–water partition coefficient (Wildman–Crippen LogP) is 1.27. The Morgan fingerprint density at radius 1 is 1.27 bits per heavy atom. The van der Waals surface area contributed by atoms with Crippen molar-refractivity contribution in [3.05, 3.63) is 41.9 Å². The van der Waals surface area contributed by atoms with Crippen molar-refractivity contribution >= 4 is 11.9 Å². The number of anilines is 1. The molecule has 0 radical (unpaired) electrons. The van der Waals surface area contributed by atoms with Gasteiger partial charge in [-0.3, -0.25) is 4.79 Å². The van der Waals surface area contributed by atoms with E-state index in [1.807, 2.05) is 25.9 Å². The van der Waals surface area contributed by atoms with Crippen LogP contribution in [0.15, 0.2) is 30.6 Å². The van der Waals surface area contributed by atoms with Crippen LogP contribution < -0.4 is 15.0 Å². The molecule has 0 saturated carbocycles. The van der Waals surface area contributed by atoms with Gasteiger partial charge >= 0.3 is 0 Å². The van der Waals surface area contributed by atoms with Crippen molar-refractivity contribution in [1.82, 2.24) is 20.3 Å². The highest BCUT2D eigenvalue weighted by Gasteiger charge is 2.07. The van der Waals surface area contributed by atoms with E-state index in [9.17, 15) is 4.79 Å². The fraction of sp³-hybridized carbons (Fsp3) is 0.333. The summed E-state index contributed by atoms with van der Waals surface area (Å²) in [5.74, 6) is 0.903. The molecule has 2 rings (SSSR count). The summed E-state index contributed by atoms with van der Waals surface area (Å²) in [6, 6.07) is 5.12. The minimum absolute atomic E-state index is 0.208. The van der Waals surface area contributed by atoms with Crippen LogP contribution >= 0.6 is 0 Å². The number of carbonyl (C=O) groups excluding carboxylic acids is 1. The van der Waals surface area contributed by atoms with Gasteiger partial charge in [0.1, 0.15) is 0 Å². The van der Waals surface area contributed by atoms with Crippen LogP contribution in [0, 0.1) is 0 Å². The second kappa shape index (κ2) is 7.35. The molecule has 2 heterocycles. The molecule has 0 fully saturated rings. The molecule has 0 bridgehead atoms. The molecule has 0 aliphatic heterocycles. The number of amides is 1. The molecule has 0 unspecified atom stereocenters. The zero-order valence-electron chi connectivity index (χ0n) is 12.9. The number of hydrogen-bond acceptors (Lipinski definition) is 6. The minimum Gasteiger partial charge on any atom is -0.478 e. The topological polar surface area (TPSA) is 80.2 Å². The zero-order valence-corrected chi connectivity index (χ0v) is 12.9. The predicted molar refractivity (Wildman–Crippen MR) is 82.9 cm³/mol. The molecule has 0 saturated heterocycles. The molecular weight excluding hydrogens is 282 g/mol. The Hall–Kier alpha value is -2.70. The molecule has 0 aliphatic rings. The number of hydrogen-bond donors (Lipinski definition) is 1. The van der Waals surface area contributed by atoms with Crippen LogP contribution in [-0.4, -0.2) is 41.6 Å². The first-order valence-corrected chi connectivity index (χ1v) is 6.96. The lowest BCUT2D eigenvalue weighted by Gasteiger charge is -2.11. The van der Waals surface area contributed by atoms with Crippen molar-refractivity contribution in [2.45, 2.75) is 13.5 Å². The lowest BCUT2D eigenvalue weighted by molar-refractivity contribution is 0.0950. The number of nitrogens with zero attached hydrogens (tertiary/aromatic N) is 4. The third-order valence-electron chi connectivity index (χ3n) is 2.82. The van der Waals surface area contributed by atoms with Gasteiger partial charge in [0.2, 0.25) is 11.8 Å². The van der Waals surface area contributed by atoms with Gasteiger partial charge in [-0.2, -0.15) is 0 Å². The quantitative estimate of drug-likeness (QED) is 0.865. The standard InChI is InChI=1S/C15H19N5O2/c1-4-22-13-6-5-11(9-17-13)14(21)18-10-12-7-8-16-15(19-12)20(2)3/h5-9H,4,10H2,1-3H3,(H,18,21). The van der Waals surface area contributed by atoms with E-state index in [2.05, 4.69) is 20.3 Å². The largest absolute Gasteiger partial charge is 0.478 e. The van der Waals surface area contributed by atoms with Crippen molar-refractivity contribution < 1.29 is 9.53 Å². The monoisotopic (exact) mass is 301 g/mol. The first-order valence-electron chi connectivity index (χ1n) is 6.96. The third-order valence-corrected chi connectivity index (χ3v) is 2.82. The van der Waals surface area contributed by atoms with Crippen molar-refractivity contribution in [2.75, 3.05) is 25.6 Å². The molecule has 1 N–H and O–H groups in total. The maximum absolute atomic E-state index is 12.1. The first kappa shape index (κ1) is 15.7. The SMILES string of the molecule is CCOc1ccc(C(=O)NCc2ccnc(N(C)C)n2)cn1. The Morgan fingerprint density at radius 2 is 2.09 bits per heavy atom. The lowest BCUT2D eigenvalue weighted by atomic mass is 10.2. The van der Waals surface area contributed by atoms with Crippen LogP contribution in [0.5, 0.6) is 5.88 Å². The summed E-state index contributed by atoms with van der Waals surface area (Å²) in [5, 5.41) is 2.80. The van der Waals surface area contributed by atoms with Crippen molar-refractivity contribution in [3.63, 3.8) is 0 Å². The Kier molecular flexibility index (Phi) is 5.24. The van der Waals surface area contributed by atoms with Crippen LogP contribution in [0.1, 0.15) is 23.0 Å². The average molecular weight is 301 g/mol. The van der Waals surface area contributed by atoms with E-state index in [1.165, 1.54) is 6.20 Å². The van der Waals surface area contributed by atoms with Gasteiger partial charge in [0.15, 0.2) is 0 Å². The molecule has 0 aromatic carbocycles. The van der Waals surface area contributed by atoms with E-state index in [-0.39, 0.29) is 5.91 Å². The smallest absolute Gasteiger partial charge is 0.253 e. The number of nitrogens with one attached hydrogen (secondary N) is 1. The summed E-state index contributed by atoms with van der Waals surface area (Å²) in [7, 11) is 3.73. The normalized spacial score (nSPS) is 10.1. The summed E-state index contributed by atoms with van der Waals surface area (Å²) in [6.07, 6.45) is 3.16. The van der Waals surface area contributed by atoms with Crippen LogP contribution in [0.4, 0.5) is 5.95 Å². The summed E-state index contributed by atoms with van der Waals surface area (Å²) in [5.41, 5.74) is 1.22. The number of rotatable bonds is 6. The summed E-state index contributed by atoms with van der Waals surface area (Å²) >= 11 is 0. The fourth-order valence-corrected chi connectivity index (χ4v) is 1.72. The average Bonchev–Trinajstić information content (AvgIpc) is 2.54. The van der Waals surface area contributed by atoms with Crippen LogP contribution in [0.2, 0.25) is 0 Å². The first-order chi connectivity index (χ1) is 10.6. The van der Waals surface area contributed by atoms with Crippen LogP contribution in [-0.2, 0) is 6.54 Å². The highest BCUT2D eigenvalue weighted by molar-refractivity contribution is 5.93. The van der Waals surface area contributed by atoms with Gasteiger partial charge in [0, 0.05) is 32.6 Å². The Morgan fingerprint density at radius 3 is 2.73 bits per heavy atom. The maximum Gasteiger partial charge on any atom is 0.253 e. The van der Waals surface area contributed by atoms with Gasteiger partial charge in [-0.1, -0.05) is 0 Å². The lowest BCUT2D eigenvalue weighted by Crippen LogP contribution is -2.24. The second-order valence-corrected chi connectivity index (χ2v) is 4.74. The number of pyridine rings is 1. The second-order valence-electron chi connectivity index (χ2n) is 4.74. The number of ether oxygens (including phenoxy) is 1. The van der Waals surface area contributed by atoms with Gasteiger partial charge in [-0.25, -0.2) is 15.0 Å². The zero-order chi connectivity index (χ0) is 15.9. The van der Waals surface area contributed by atoms with E-state index in [1.54, 1.807) is 24.4 Å². The van der Waals surface area contributed by atoms with E-state index < -0.39 is 0 Å². The molecule has 22 heavy (non-hydrogen) atoms. The van der Waals surface area contributed by atoms with Gasteiger partial charge in [-0.05, 0) is 19.1 Å². The highest BCUT2D eigenvalue weighted by atomic mass is 16.5. The fourth-order valence-electron chi connectivity index (χ4n) is 1.72. The number of aromatic nitrogens is 3. The molecule has 0 aliphatic carbocycles. The van der Waals surface area contributed by atoms with E-state index in [0.717, 1.165) is 5.69 Å². The summed E-state index contributed by atoms with van der Waals surface area (Å²) in [6.45, 7) is 2.75. The van der Waals surface area contributed by atoms with Crippen molar-refractivity contribution in [2.24, 2.45) is 0 Å². The molecule has 2 aromatic heterocycles. The molecule has 7 nitrogen and oxygen atoms in total. The molecule has 7 heteroatoms. The van der Waals surface area contributed by atoms with Crippen LogP contribution in [0.3, 0.4) is 0 Å². The van der Waals surface area contributed by atoms with Gasteiger partial charge in [0.05, 0.1) is 24.4 Å². The number of carbonyl (C=O) groups is 1. The third kappa shape index (κ3) is 4.15. The summed E-state index contributed by atoms with van der Waals surface area (Å²) < 4.78 is 5.24. The van der Waals surface area contributed by atoms with Crippen LogP contribution in [0.25, 0.3) is 0 Å². The molecule has 2 aromatic rings. The molecular formula is C15H19N5O2. The van der Waals surface area contributed by atoms with E-state index in [0.29, 0.717) is 30.5 Å². The van der Waals surface area contributed by atoms with E-state index >= 15 is 0 Å². The Bertz CT molecular complexity index is 628. The molecule has 1 amide bonds. The van der Waals surface area contributed by atoms with Gasteiger partial charge < -0.3 is 15.0 Å². The van der Waals surface area contributed by atoms with E-state index in [4.69, 9.17) is 4.74 Å². The van der Waals surface area contributed by atoms with Crippen molar-refractivity contribution in [1.29, 1.82) is 0 Å². The van der Waals surface area contributed by atoms with Gasteiger partial charge in [0.25, 0.3) is 5.91 Å². The minimum atomic E-state index is -0.208. The molecule has 0 atom stereocenters. The maximum atomic E-state index is 12.1. The molecule has 116 valence electrons. The highest BCUT2D eigenvalue weighted by Crippen LogP contribution is 2.08.